The van der Waals surface area contributed by atoms with Gasteiger partial charge in [-0.15, -0.1) is 0 Å². The molecule has 0 saturated heterocycles. The van der Waals surface area contributed by atoms with E-state index in [9.17, 15) is 18.0 Å². The number of hydrogen-bond donors (Lipinski definition) is 0. The Hall–Kier alpha value is -1.69. The monoisotopic (exact) mass is 376 g/mol. The molecule has 0 aliphatic heterocycles. The molecule has 0 radical (unpaired) electrons. The SMILES string of the molecule is COc1ccc(COC(=O)C2C(C=C(Cl)C(F)(F)F)C2(C)C)c(C)c1. The second-order valence-corrected chi connectivity index (χ2v) is 7.14. The molecule has 1 aromatic rings. The van der Waals surface area contributed by atoms with E-state index in [4.69, 9.17) is 21.1 Å². The third kappa shape index (κ3) is 4.29. The Labute approximate surface area is 149 Å². The molecule has 2 rings (SSSR count). The summed E-state index contributed by atoms with van der Waals surface area (Å²) in [6.07, 6.45) is -3.69. The summed E-state index contributed by atoms with van der Waals surface area (Å²) in [6.45, 7) is 5.37. The van der Waals surface area contributed by atoms with E-state index in [1.165, 1.54) is 0 Å². The summed E-state index contributed by atoms with van der Waals surface area (Å²) in [5, 5.41) is -1.20. The number of rotatable bonds is 5. The maximum Gasteiger partial charge on any atom is 0.426 e. The zero-order valence-corrected chi connectivity index (χ0v) is 15.2. The van der Waals surface area contributed by atoms with Gasteiger partial charge in [0.1, 0.15) is 17.4 Å². The van der Waals surface area contributed by atoms with Crippen molar-refractivity contribution < 1.29 is 27.4 Å². The van der Waals surface area contributed by atoms with Crippen LogP contribution in [-0.2, 0) is 16.1 Å². The summed E-state index contributed by atoms with van der Waals surface area (Å²) in [4.78, 5) is 12.3. The fraction of sp³-hybridized carbons (Fsp3) is 0.500. The number of halogens is 4. The largest absolute Gasteiger partial charge is 0.497 e. The van der Waals surface area contributed by atoms with Crippen LogP contribution < -0.4 is 4.74 Å². The molecular formula is C18H20ClF3O3. The van der Waals surface area contributed by atoms with E-state index >= 15 is 0 Å². The van der Waals surface area contributed by atoms with Gasteiger partial charge in [0.2, 0.25) is 0 Å². The molecule has 0 heterocycles. The molecule has 0 bridgehead atoms. The molecule has 0 spiro atoms. The fourth-order valence-corrected chi connectivity index (χ4v) is 3.02. The molecule has 2 atom stereocenters. The molecule has 1 saturated carbocycles. The normalized spacial score (nSPS) is 22.5. The molecule has 1 aliphatic rings. The van der Waals surface area contributed by atoms with Gasteiger partial charge in [0.25, 0.3) is 0 Å². The van der Waals surface area contributed by atoms with Crippen molar-refractivity contribution in [2.24, 2.45) is 17.3 Å². The van der Waals surface area contributed by atoms with Crippen molar-refractivity contribution in [2.45, 2.75) is 33.6 Å². The van der Waals surface area contributed by atoms with Gasteiger partial charge >= 0.3 is 12.1 Å². The van der Waals surface area contributed by atoms with Crippen LogP contribution in [-0.4, -0.2) is 19.3 Å². The molecule has 2 unspecified atom stereocenters. The van der Waals surface area contributed by atoms with E-state index in [0.717, 1.165) is 17.2 Å². The molecular weight excluding hydrogens is 357 g/mol. The van der Waals surface area contributed by atoms with E-state index < -0.39 is 34.4 Å². The Bertz CT molecular complexity index is 695. The first-order valence-corrected chi connectivity index (χ1v) is 8.11. The quantitative estimate of drug-likeness (QED) is 0.678. The van der Waals surface area contributed by atoms with E-state index in [2.05, 4.69) is 0 Å². The number of hydrogen-bond acceptors (Lipinski definition) is 3. The van der Waals surface area contributed by atoms with Crippen molar-refractivity contribution >= 4 is 17.6 Å². The molecule has 25 heavy (non-hydrogen) atoms. The zero-order valence-electron chi connectivity index (χ0n) is 14.4. The summed E-state index contributed by atoms with van der Waals surface area (Å²) in [7, 11) is 1.56. The van der Waals surface area contributed by atoms with Gasteiger partial charge in [0, 0.05) is 0 Å². The van der Waals surface area contributed by atoms with Gasteiger partial charge in [-0.05, 0) is 41.5 Å². The van der Waals surface area contributed by atoms with Crippen LogP contribution >= 0.6 is 11.6 Å². The number of methoxy groups -OCH3 is 1. The molecule has 7 heteroatoms. The van der Waals surface area contributed by atoms with Gasteiger partial charge in [-0.25, -0.2) is 0 Å². The highest BCUT2D eigenvalue weighted by molar-refractivity contribution is 6.30. The van der Waals surface area contributed by atoms with Crippen molar-refractivity contribution in [3.05, 3.63) is 40.4 Å². The summed E-state index contributed by atoms with van der Waals surface area (Å²) in [6, 6.07) is 5.36. The van der Waals surface area contributed by atoms with Gasteiger partial charge in [-0.3, -0.25) is 4.79 Å². The summed E-state index contributed by atoms with van der Waals surface area (Å²) >= 11 is 5.28. The first kappa shape index (κ1) is 19.6. The number of benzene rings is 1. The number of carbonyl (C=O) groups is 1. The molecule has 1 fully saturated rings. The molecule has 0 amide bonds. The topological polar surface area (TPSA) is 35.5 Å². The average Bonchev–Trinajstić information content (AvgIpc) is 3.05. The second-order valence-electron chi connectivity index (χ2n) is 6.74. The van der Waals surface area contributed by atoms with Crippen LogP contribution in [0.5, 0.6) is 5.75 Å². The molecule has 0 aromatic heterocycles. The number of ether oxygens (including phenoxy) is 2. The van der Waals surface area contributed by atoms with Crippen molar-refractivity contribution in [3.63, 3.8) is 0 Å². The predicted octanol–water partition coefficient (Wildman–Crippen LogP) is 5.00. The van der Waals surface area contributed by atoms with E-state index in [1.54, 1.807) is 33.1 Å². The van der Waals surface area contributed by atoms with Crippen LogP contribution in [0.3, 0.4) is 0 Å². The van der Waals surface area contributed by atoms with Crippen molar-refractivity contribution in [3.8, 4) is 5.75 Å². The smallest absolute Gasteiger partial charge is 0.426 e. The predicted molar refractivity (Wildman–Crippen MR) is 88.3 cm³/mol. The molecule has 0 N–H and O–H groups in total. The molecule has 3 nitrogen and oxygen atoms in total. The molecule has 1 aromatic carbocycles. The first-order chi connectivity index (χ1) is 11.5. The fourth-order valence-electron chi connectivity index (χ4n) is 2.89. The first-order valence-electron chi connectivity index (χ1n) is 7.73. The standard InChI is InChI=1S/C18H20ClF3O3/c1-10-7-12(24-4)6-5-11(10)9-25-16(23)15-13(17(15,2)3)8-14(19)18(20,21)22/h5-8,13,15H,9H2,1-4H3. The number of esters is 1. The highest BCUT2D eigenvalue weighted by Gasteiger charge is 2.62. The van der Waals surface area contributed by atoms with Crippen LogP contribution in [0.4, 0.5) is 13.2 Å². The average molecular weight is 377 g/mol. The Morgan fingerprint density at radius 1 is 1.36 bits per heavy atom. The number of allylic oxidation sites excluding steroid dienone is 2. The lowest BCUT2D eigenvalue weighted by atomic mass is 10.1. The molecule has 138 valence electrons. The lowest BCUT2D eigenvalue weighted by Gasteiger charge is -2.09. The van der Waals surface area contributed by atoms with Gasteiger partial charge in [-0.1, -0.05) is 37.6 Å². The van der Waals surface area contributed by atoms with Crippen molar-refractivity contribution in [1.29, 1.82) is 0 Å². The number of carbonyl (C=O) groups excluding carboxylic acids is 1. The minimum atomic E-state index is -4.60. The Morgan fingerprint density at radius 2 is 2.00 bits per heavy atom. The lowest BCUT2D eigenvalue weighted by Crippen LogP contribution is -2.11. The van der Waals surface area contributed by atoms with Crippen molar-refractivity contribution in [2.75, 3.05) is 7.11 Å². The van der Waals surface area contributed by atoms with Gasteiger partial charge in [-0.2, -0.15) is 13.2 Å². The third-order valence-electron chi connectivity index (χ3n) is 4.68. The summed E-state index contributed by atoms with van der Waals surface area (Å²) in [5.74, 6) is -1.05. The maximum absolute atomic E-state index is 12.6. The number of aryl methyl sites for hydroxylation is 1. The Morgan fingerprint density at radius 3 is 2.52 bits per heavy atom. The van der Waals surface area contributed by atoms with Crippen LogP contribution in [0.25, 0.3) is 0 Å². The van der Waals surface area contributed by atoms with Crippen LogP contribution in [0.1, 0.15) is 25.0 Å². The Kier molecular flexibility index (Phi) is 5.42. The number of alkyl halides is 3. The minimum absolute atomic E-state index is 0.0602. The van der Waals surface area contributed by atoms with E-state index in [1.807, 2.05) is 13.0 Å². The van der Waals surface area contributed by atoms with Gasteiger partial charge in [0.15, 0.2) is 0 Å². The summed E-state index contributed by atoms with van der Waals surface area (Å²) in [5.41, 5.74) is 1.10. The highest BCUT2D eigenvalue weighted by Crippen LogP contribution is 2.60. The van der Waals surface area contributed by atoms with E-state index in [-0.39, 0.29) is 6.61 Å². The highest BCUT2D eigenvalue weighted by atomic mass is 35.5. The zero-order chi connectivity index (χ0) is 19.0. The Balaban J connectivity index is 2.02. The second kappa shape index (κ2) is 6.90. The minimum Gasteiger partial charge on any atom is -0.497 e. The van der Waals surface area contributed by atoms with Crippen LogP contribution in [0.15, 0.2) is 29.3 Å². The van der Waals surface area contributed by atoms with E-state index in [0.29, 0.717) is 5.75 Å². The maximum atomic E-state index is 12.6. The van der Waals surface area contributed by atoms with Crippen molar-refractivity contribution in [1.82, 2.24) is 0 Å². The van der Waals surface area contributed by atoms with Gasteiger partial charge in [0.05, 0.1) is 13.0 Å². The van der Waals surface area contributed by atoms with Crippen LogP contribution in [0, 0.1) is 24.2 Å². The third-order valence-corrected chi connectivity index (χ3v) is 5.02. The lowest BCUT2D eigenvalue weighted by molar-refractivity contribution is -0.147. The van der Waals surface area contributed by atoms with Crippen LogP contribution in [0.2, 0.25) is 0 Å². The molecule has 1 aliphatic carbocycles. The summed E-state index contributed by atoms with van der Waals surface area (Å²) < 4.78 is 48.1. The van der Waals surface area contributed by atoms with Gasteiger partial charge < -0.3 is 9.47 Å².